The number of halogens is 2. The maximum Gasteiger partial charge on any atom is 0.387 e. The summed E-state index contributed by atoms with van der Waals surface area (Å²) in [5, 5.41) is 4.50. The zero-order valence-electron chi connectivity index (χ0n) is 16.3. The Kier molecular flexibility index (Phi) is 6.11. The first-order valence-electron chi connectivity index (χ1n) is 9.21. The Hall–Kier alpha value is -1.99. The lowest BCUT2D eigenvalue weighted by Gasteiger charge is -2.33. The van der Waals surface area contributed by atoms with Crippen LogP contribution in [-0.2, 0) is 17.8 Å². The second kappa shape index (κ2) is 8.35. The maximum atomic E-state index is 12.8. The van der Waals surface area contributed by atoms with Crippen LogP contribution >= 0.6 is 0 Å². The molecule has 0 bridgehead atoms. The summed E-state index contributed by atoms with van der Waals surface area (Å²) in [4.78, 5) is 2.22. The van der Waals surface area contributed by atoms with Gasteiger partial charge in [-0.1, -0.05) is 6.07 Å². The molecular weight excluding hydrogens is 352 g/mol. The third-order valence-electron chi connectivity index (χ3n) is 4.99. The minimum absolute atomic E-state index is 0.0164. The van der Waals surface area contributed by atoms with Gasteiger partial charge in [-0.05, 0) is 51.0 Å². The smallest absolute Gasteiger partial charge is 0.387 e. The van der Waals surface area contributed by atoms with Crippen molar-refractivity contribution >= 4 is 0 Å². The lowest BCUT2D eigenvalue weighted by Crippen LogP contribution is -2.44. The van der Waals surface area contributed by atoms with E-state index in [1.165, 1.54) is 0 Å². The summed E-state index contributed by atoms with van der Waals surface area (Å²) >= 11 is 0. The number of hydrogen-bond donors (Lipinski definition) is 0. The minimum Gasteiger partial charge on any atom is -0.434 e. The Morgan fingerprint density at radius 2 is 1.93 bits per heavy atom. The SMILES string of the molecule is Cc1cc(C)n(CC2CN(Cc3cc(C)c(C)cc3OC(F)F)CCO2)n1. The van der Waals surface area contributed by atoms with Crippen molar-refractivity contribution in [1.82, 2.24) is 14.7 Å². The lowest BCUT2D eigenvalue weighted by atomic mass is 10.0. The zero-order chi connectivity index (χ0) is 19.6. The van der Waals surface area contributed by atoms with E-state index in [-0.39, 0.29) is 11.9 Å². The van der Waals surface area contributed by atoms with Gasteiger partial charge >= 0.3 is 6.61 Å². The molecule has 27 heavy (non-hydrogen) atoms. The first kappa shape index (κ1) is 19.8. The van der Waals surface area contributed by atoms with Crippen LogP contribution in [-0.4, -0.2) is 47.1 Å². The van der Waals surface area contributed by atoms with Crippen LogP contribution in [0.2, 0.25) is 0 Å². The zero-order valence-corrected chi connectivity index (χ0v) is 16.3. The van der Waals surface area contributed by atoms with Crippen molar-refractivity contribution in [3.8, 4) is 5.75 Å². The van der Waals surface area contributed by atoms with Crippen LogP contribution in [0.4, 0.5) is 8.78 Å². The average molecular weight is 379 g/mol. The first-order chi connectivity index (χ1) is 12.8. The van der Waals surface area contributed by atoms with E-state index in [4.69, 9.17) is 9.47 Å². The second-order valence-corrected chi connectivity index (χ2v) is 7.26. The molecule has 148 valence electrons. The topological polar surface area (TPSA) is 39.5 Å². The number of ether oxygens (including phenoxy) is 2. The van der Waals surface area contributed by atoms with Gasteiger partial charge in [0.2, 0.25) is 0 Å². The van der Waals surface area contributed by atoms with Crippen LogP contribution in [0.3, 0.4) is 0 Å². The van der Waals surface area contributed by atoms with E-state index in [2.05, 4.69) is 10.00 Å². The van der Waals surface area contributed by atoms with Gasteiger partial charge in [0.1, 0.15) is 5.75 Å². The summed E-state index contributed by atoms with van der Waals surface area (Å²) in [5.41, 5.74) is 4.89. The Morgan fingerprint density at radius 1 is 1.19 bits per heavy atom. The number of aryl methyl sites for hydroxylation is 4. The quantitative estimate of drug-likeness (QED) is 0.769. The molecule has 0 spiro atoms. The summed E-state index contributed by atoms with van der Waals surface area (Å²) in [6.07, 6.45) is 0.0164. The Bertz CT molecular complexity index is 792. The highest BCUT2D eigenvalue weighted by Gasteiger charge is 2.23. The molecule has 1 saturated heterocycles. The Labute approximate surface area is 158 Å². The molecule has 0 aliphatic carbocycles. The van der Waals surface area contributed by atoms with Gasteiger partial charge in [0.25, 0.3) is 0 Å². The molecular formula is C20H27F2N3O2. The molecule has 3 rings (SSSR count). The van der Waals surface area contributed by atoms with Gasteiger partial charge in [-0.3, -0.25) is 9.58 Å². The number of nitrogens with zero attached hydrogens (tertiary/aromatic N) is 3. The van der Waals surface area contributed by atoms with E-state index >= 15 is 0 Å². The second-order valence-electron chi connectivity index (χ2n) is 7.26. The molecule has 7 heteroatoms. The molecule has 0 radical (unpaired) electrons. The van der Waals surface area contributed by atoms with E-state index in [9.17, 15) is 8.78 Å². The molecule has 1 fully saturated rings. The van der Waals surface area contributed by atoms with Crippen molar-refractivity contribution in [1.29, 1.82) is 0 Å². The molecule has 1 aromatic heterocycles. The molecule has 1 aliphatic heterocycles. The van der Waals surface area contributed by atoms with Gasteiger partial charge < -0.3 is 9.47 Å². The number of hydrogen-bond acceptors (Lipinski definition) is 4. The van der Waals surface area contributed by atoms with E-state index < -0.39 is 6.61 Å². The van der Waals surface area contributed by atoms with Crippen LogP contribution in [0, 0.1) is 27.7 Å². The van der Waals surface area contributed by atoms with E-state index in [0.717, 1.165) is 41.2 Å². The molecule has 0 saturated carbocycles. The van der Waals surface area contributed by atoms with Gasteiger partial charge in [0, 0.05) is 30.9 Å². The average Bonchev–Trinajstić information content (AvgIpc) is 2.89. The predicted molar refractivity (Wildman–Crippen MR) is 99.3 cm³/mol. The lowest BCUT2D eigenvalue weighted by molar-refractivity contribution is -0.0536. The maximum absolute atomic E-state index is 12.8. The van der Waals surface area contributed by atoms with Gasteiger partial charge in [0.15, 0.2) is 0 Å². The van der Waals surface area contributed by atoms with Crippen molar-refractivity contribution in [3.63, 3.8) is 0 Å². The fourth-order valence-electron chi connectivity index (χ4n) is 3.51. The highest BCUT2D eigenvalue weighted by molar-refractivity contribution is 5.41. The summed E-state index contributed by atoms with van der Waals surface area (Å²) in [6, 6.07) is 5.69. The number of morpholine rings is 1. The van der Waals surface area contributed by atoms with E-state index in [1.54, 1.807) is 6.07 Å². The van der Waals surface area contributed by atoms with E-state index in [1.807, 2.05) is 44.5 Å². The van der Waals surface area contributed by atoms with Crippen LogP contribution in [0.5, 0.6) is 5.75 Å². The molecule has 0 amide bonds. The van der Waals surface area contributed by atoms with E-state index in [0.29, 0.717) is 19.7 Å². The van der Waals surface area contributed by atoms with Crippen LogP contribution < -0.4 is 4.74 Å². The molecule has 0 N–H and O–H groups in total. The summed E-state index contributed by atoms with van der Waals surface area (Å²) in [6.45, 7) is 8.39. The molecule has 1 unspecified atom stereocenters. The largest absolute Gasteiger partial charge is 0.434 e. The van der Waals surface area contributed by atoms with Crippen LogP contribution in [0.1, 0.15) is 28.1 Å². The summed E-state index contributed by atoms with van der Waals surface area (Å²) < 4.78 is 38.2. The molecule has 2 aromatic rings. The van der Waals surface area contributed by atoms with Gasteiger partial charge in [-0.25, -0.2) is 0 Å². The molecule has 1 atom stereocenters. The summed E-state index contributed by atoms with van der Waals surface area (Å²) in [5.74, 6) is 0.259. The van der Waals surface area contributed by atoms with Gasteiger partial charge in [-0.2, -0.15) is 13.9 Å². The predicted octanol–water partition coefficient (Wildman–Crippen LogP) is 3.62. The number of aromatic nitrogens is 2. The fourth-order valence-corrected chi connectivity index (χ4v) is 3.51. The third-order valence-corrected chi connectivity index (χ3v) is 4.99. The monoisotopic (exact) mass is 379 g/mol. The number of alkyl halides is 2. The van der Waals surface area contributed by atoms with Crippen molar-refractivity contribution in [2.75, 3.05) is 19.7 Å². The number of benzene rings is 1. The normalized spacial score (nSPS) is 18.3. The van der Waals surface area contributed by atoms with Gasteiger partial charge in [0.05, 0.1) is 24.9 Å². The van der Waals surface area contributed by atoms with Crippen LogP contribution in [0.25, 0.3) is 0 Å². The fraction of sp³-hybridized carbons (Fsp3) is 0.550. The third kappa shape index (κ3) is 5.05. The standard InChI is InChI=1S/C20H27F2N3O2/c1-13-7-17(19(8-14(13)2)27-20(21)22)10-24-5-6-26-18(11-24)12-25-16(4)9-15(3)23-25/h7-9,18,20H,5-6,10-12H2,1-4H3. The highest BCUT2D eigenvalue weighted by Crippen LogP contribution is 2.27. The van der Waals surface area contributed by atoms with Gasteiger partial charge in [-0.15, -0.1) is 0 Å². The summed E-state index contributed by atoms with van der Waals surface area (Å²) in [7, 11) is 0. The molecule has 5 nitrogen and oxygen atoms in total. The van der Waals surface area contributed by atoms with Crippen molar-refractivity contribution in [2.24, 2.45) is 0 Å². The first-order valence-corrected chi connectivity index (χ1v) is 9.21. The molecule has 1 aliphatic rings. The Balaban J connectivity index is 1.70. The van der Waals surface area contributed by atoms with Crippen molar-refractivity contribution in [3.05, 3.63) is 46.3 Å². The minimum atomic E-state index is -2.82. The Morgan fingerprint density at radius 3 is 2.59 bits per heavy atom. The number of rotatable bonds is 6. The molecule has 1 aromatic carbocycles. The van der Waals surface area contributed by atoms with Crippen molar-refractivity contribution in [2.45, 2.75) is 53.5 Å². The van der Waals surface area contributed by atoms with Crippen LogP contribution in [0.15, 0.2) is 18.2 Å². The van der Waals surface area contributed by atoms with Crippen molar-refractivity contribution < 1.29 is 18.3 Å². The molecule has 2 heterocycles. The highest BCUT2D eigenvalue weighted by atomic mass is 19.3.